The van der Waals surface area contributed by atoms with Gasteiger partial charge < -0.3 is 5.73 Å². The van der Waals surface area contributed by atoms with E-state index < -0.39 is 10.0 Å². The van der Waals surface area contributed by atoms with Crippen molar-refractivity contribution in [3.63, 3.8) is 0 Å². The second kappa shape index (κ2) is 6.82. The molecule has 0 amide bonds. The van der Waals surface area contributed by atoms with Crippen molar-refractivity contribution in [3.8, 4) is 0 Å². The molecule has 6 heteroatoms. The smallest absolute Gasteiger partial charge is 0.216 e. The second-order valence-electron chi connectivity index (χ2n) is 5.06. The highest BCUT2D eigenvalue weighted by Gasteiger charge is 2.32. The summed E-state index contributed by atoms with van der Waals surface area (Å²) in [5.41, 5.74) is 5.57. The Morgan fingerprint density at radius 3 is 2.39 bits per heavy atom. The molecule has 1 rings (SSSR count). The van der Waals surface area contributed by atoms with E-state index in [9.17, 15) is 8.42 Å². The van der Waals surface area contributed by atoms with Crippen LogP contribution in [0.3, 0.4) is 0 Å². The topological polar surface area (TPSA) is 63.4 Å². The third-order valence-electron chi connectivity index (χ3n) is 3.65. The van der Waals surface area contributed by atoms with Gasteiger partial charge in [0.1, 0.15) is 0 Å². The number of nitrogens with two attached hydrogens (primary N) is 1. The van der Waals surface area contributed by atoms with Crippen LogP contribution in [0.4, 0.5) is 0 Å². The summed E-state index contributed by atoms with van der Waals surface area (Å²) in [5.74, 6) is -0.0710. The van der Waals surface area contributed by atoms with Gasteiger partial charge in [-0.25, -0.2) is 12.7 Å². The number of rotatable bonds is 6. The third-order valence-corrected chi connectivity index (χ3v) is 6.49. The van der Waals surface area contributed by atoms with E-state index in [4.69, 9.17) is 18.0 Å². The van der Waals surface area contributed by atoms with Crippen LogP contribution in [-0.4, -0.2) is 36.1 Å². The summed E-state index contributed by atoms with van der Waals surface area (Å²) in [6.07, 6.45) is 4.78. The summed E-state index contributed by atoms with van der Waals surface area (Å²) in [4.78, 5) is 0.382. The van der Waals surface area contributed by atoms with E-state index in [1.54, 1.807) is 4.31 Å². The molecule has 0 radical (unpaired) electrons. The third kappa shape index (κ3) is 3.90. The molecule has 2 N–H and O–H groups in total. The average Bonchev–Trinajstić information content (AvgIpc) is 2.36. The zero-order valence-electron chi connectivity index (χ0n) is 11.3. The number of thiocarbonyl (C=S) groups is 1. The van der Waals surface area contributed by atoms with Gasteiger partial charge in [0, 0.05) is 19.0 Å². The Balaban J connectivity index is 2.75. The van der Waals surface area contributed by atoms with Crippen molar-refractivity contribution in [3.05, 3.63) is 0 Å². The molecule has 1 saturated carbocycles. The first-order chi connectivity index (χ1) is 8.39. The molecule has 1 aliphatic carbocycles. The maximum Gasteiger partial charge on any atom is 0.216 e. The largest absolute Gasteiger partial charge is 0.393 e. The van der Waals surface area contributed by atoms with Crippen LogP contribution < -0.4 is 5.73 Å². The van der Waals surface area contributed by atoms with Crippen LogP contribution in [0.15, 0.2) is 0 Å². The zero-order chi connectivity index (χ0) is 13.8. The van der Waals surface area contributed by atoms with Gasteiger partial charge in [-0.2, -0.15) is 0 Å². The Morgan fingerprint density at radius 1 is 1.39 bits per heavy atom. The predicted molar refractivity (Wildman–Crippen MR) is 79.0 cm³/mol. The van der Waals surface area contributed by atoms with Crippen LogP contribution in [-0.2, 0) is 10.0 Å². The molecule has 0 aromatic heterocycles. The van der Waals surface area contributed by atoms with E-state index in [1.807, 2.05) is 13.8 Å². The molecule has 0 bridgehead atoms. The van der Waals surface area contributed by atoms with Gasteiger partial charge in [0.25, 0.3) is 0 Å². The molecule has 18 heavy (non-hydrogen) atoms. The van der Waals surface area contributed by atoms with Crippen molar-refractivity contribution in [2.24, 2.45) is 11.7 Å². The van der Waals surface area contributed by atoms with E-state index in [1.165, 1.54) is 0 Å². The van der Waals surface area contributed by atoms with Crippen molar-refractivity contribution < 1.29 is 8.42 Å². The molecule has 1 unspecified atom stereocenters. The van der Waals surface area contributed by atoms with Crippen molar-refractivity contribution in [2.45, 2.75) is 51.2 Å². The summed E-state index contributed by atoms with van der Waals surface area (Å²) in [5, 5.41) is -0.204. The first-order valence-corrected chi connectivity index (χ1v) is 8.59. The fraction of sp³-hybridized carbons (Fsp3) is 0.917. The lowest BCUT2D eigenvalue weighted by atomic mass is 10.0. The number of sulfonamides is 1. The van der Waals surface area contributed by atoms with Crippen LogP contribution >= 0.6 is 12.2 Å². The number of hydrogen-bond donors (Lipinski definition) is 1. The molecule has 0 aliphatic heterocycles. The van der Waals surface area contributed by atoms with Gasteiger partial charge >= 0.3 is 0 Å². The normalized spacial score (nSPS) is 19.9. The van der Waals surface area contributed by atoms with Crippen LogP contribution in [0, 0.1) is 5.92 Å². The van der Waals surface area contributed by atoms with Crippen LogP contribution in [0.25, 0.3) is 0 Å². The maximum absolute atomic E-state index is 12.5. The molecule has 0 heterocycles. The lowest BCUT2D eigenvalue weighted by molar-refractivity contribution is 0.382. The average molecular weight is 292 g/mol. The monoisotopic (exact) mass is 292 g/mol. The standard InChI is InChI=1S/C12H24N2O2S2/c1-3-14(9-10(2)12(13)17)18(15,16)11-7-5-4-6-8-11/h10-11H,3-9H2,1-2H3,(H2,13,17). The minimum absolute atomic E-state index is 0.0710. The highest BCUT2D eigenvalue weighted by atomic mass is 32.2. The first kappa shape index (κ1) is 15.9. The van der Waals surface area contributed by atoms with Gasteiger partial charge in [0.2, 0.25) is 10.0 Å². The molecule has 106 valence electrons. The highest BCUT2D eigenvalue weighted by Crippen LogP contribution is 2.26. The van der Waals surface area contributed by atoms with Gasteiger partial charge in [0.15, 0.2) is 0 Å². The Bertz CT molecular complexity index is 376. The Labute approximate surface area is 116 Å². The zero-order valence-corrected chi connectivity index (χ0v) is 12.9. The fourth-order valence-corrected chi connectivity index (χ4v) is 4.60. The van der Waals surface area contributed by atoms with Gasteiger partial charge in [-0.3, -0.25) is 0 Å². The van der Waals surface area contributed by atoms with E-state index >= 15 is 0 Å². The summed E-state index contributed by atoms with van der Waals surface area (Å²) in [6.45, 7) is 4.64. The Kier molecular flexibility index (Phi) is 6.01. The van der Waals surface area contributed by atoms with E-state index in [0.29, 0.717) is 18.1 Å². The molecular formula is C12H24N2O2S2. The Morgan fingerprint density at radius 2 is 1.94 bits per heavy atom. The van der Waals surface area contributed by atoms with Crippen molar-refractivity contribution in [1.29, 1.82) is 0 Å². The first-order valence-electron chi connectivity index (χ1n) is 6.67. The lowest BCUT2D eigenvalue weighted by Crippen LogP contribution is -2.43. The van der Waals surface area contributed by atoms with Crippen LogP contribution in [0.2, 0.25) is 0 Å². The highest BCUT2D eigenvalue weighted by molar-refractivity contribution is 7.89. The summed E-state index contributed by atoms with van der Waals surface area (Å²) in [7, 11) is -3.18. The molecular weight excluding hydrogens is 268 g/mol. The van der Waals surface area contributed by atoms with Crippen LogP contribution in [0.5, 0.6) is 0 Å². The maximum atomic E-state index is 12.5. The SMILES string of the molecule is CCN(CC(C)C(N)=S)S(=O)(=O)C1CCCCC1. The molecule has 0 spiro atoms. The quantitative estimate of drug-likeness (QED) is 0.759. The van der Waals surface area contributed by atoms with Gasteiger partial charge in [-0.15, -0.1) is 0 Å². The molecule has 1 aliphatic rings. The molecule has 4 nitrogen and oxygen atoms in total. The van der Waals surface area contributed by atoms with E-state index in [-0.39, 0.29) is 11.2 Å². The van der Waals surface area contributed by atoms with Gasteiger partial charge in [0.05, 0.1) is 10.2 Å². The minimum atomic E-state index is -3.18. The summed E-state index contributed by atoms with van der Waals surface area (Å²) in [6, 6.07) is 0. The van der Waals surface area contributed by atoms with Crippen molar-refractivity contribution in [1.82, 2.24) is 4.31 Å². The van der Waals surface area contributed by atoms with Crippen molar-refractivity contribution >= 4 is 27.2 Å². The second-order valence-corrected chi connectivity index (χ2v) is 7.74. The van der Waals surface area contributed by atoms with Crippen LogP contribution in [0.1, 0.15) is 46.0 Å². The molecule has 1 atom stereocenters. The predicted octanol–water partition coefficient (Wildman–Crippen LogP) is 1.89. The summed E-state index contributed by atoms with van der Waals surface area (Å²) < 4.78 is 26.6. The fourth-order valence-electron chi connectivity index (χ4n) is 2.38. The lowest BCUT2D eigenvalue weighted by Gasteiger charge is -2.30. The minimum Gasteiger partial charge on any atom is -0.393 e. The Hall–Kier alpha value is -0.200. The molecule has 0 aromatic rings. The van der Waals surface area contributed by atoms with E-state index in [0.717, 1.165) is 32.1 Å². The number of hydrogen-bond acceptors (Lipinski definition) is 3. The molecule has 0 aromatic carbocycles. The summed E-state index contributed by atoms with van der Waals surface area (Å²) >= 11 is 4.92. The van der Waals surface area contributed by atoms with Gasteiger partial charge in [-0.05, 0) is 12.8 Å². The number of nitrogens with zero attached hydrogens (tertiary/aromatic N) is 1. The van der Waals surface area contributed by atoms with Gasteiger partial charge in [-0.1, -0.05) is 45.3 Å². The van der Waals surface area contributed by atoms with Crippen molar-refractivity contribution in [2.75, 3.05) is 13.1 Å². The molecule has 1 fully saturated rings. The molecule has 0 saturated heterocycles. The van der Waals surface area contributed by atoms with E-state index in [2.05, 4.69) is 0 Å².